The molecular formula is C23H26FN3O. The van der Waals surface area contributed by atoms with E-state index in [0.29, 0.717) is 11.3 Å². The van der Waals surface area contributed by atoms with E-state index in [1.807, 2.05) is 39.0 Å². The van der Waals surface area contributed by atoms with Crippen LogP contribution in [-0.2, 0) is 4.74 Å². The molecule has 2 heterocycles. The van der Waals surface area contributed by atoms with Crippen molar-refractivity contribution in [3.8, 4) is 11.3 Å². The molecule has 0 unspecified atom stereocenters. The molecule has 0 radical (unpaired) electrons. The molecule has 0 amide bonds. The van der Waals surface area contributed by atoms with E-state index in [1.165, 1.54) is 12.4 Å². The van der Waals surface area contributed by atoms with E-state index in [1.54, 1.807) is 12.1 Å². The SMILES string of the molecule is C=Cc1cc(-c2ncnc3cc(N4CCOCC4)ccc23)c(F)cc1C.CC. The van der Waals surface area contributed by atoms with E-state index in [0.717, 1.165) is 54.0 Å². The second-order valence-corrected chi connectivity index (χ2v) is 6.42. The van der Waals surface area contributed by atoms with Crippen LogP contribution in [0.4, 0.5) is 10.1 Å². The van der Waals surface area contributed by atoms with Gasteiger partial charge < -0.3 is 9.64 Å². The number of ether oxygens (including phenoxy) is 1. The van der Waals surface area contributed by atoms with E-state index in [-0.39, 0.29) is 5.82 Å². The molecule has 1 saturated heterocycles. The molecule has 146 valence electrons. The molecule has 1 aromatic heterocycles. The van der Waals surface area contributed by atoms with Crippen LogP contribution in [0.2, 0.25) is 0 Å². The Balaban J connectivity index is 0.00000109. The highest BCUT2D eigenvalue weighted by Gasteiger charge is 2.16. The molecule has 1 fully saturated rings. The lowest BCUT2D eigenvalue weighted by Crippen LogP contribution is -2.36. The molecule has 2 aromatic carbocycles. The summed E-state index contributed by atoms with van der Waals surface area (Å²) in [5.41, 5.74) is 4.73. The first-order chi connectivity index (χ1) is 13.7. The maximum absolute atomic E-state index is 14.6. The molecule has 5 heteroatoms. The molecule has 4 nitrogen and oxygen atoms in total. The van der Waals surface area contributed by atoms with E-state index in [9.17, 15) is 4.39 Å². The number of benzene rings is 2. The number of morpholine rings is 1. The Bertz CT molecular complexity index is 981. The summed E-state index contributed by atoms with van der Waals surface area (Å²) in [6.45, 7) is 12.9. The lowest BCUT2D eigenvalue weighted by Gasteiger charge is -2.29. The first-order valence-corrected chi connectivity index (χ1v) is 9.68. The predicted octanol–water partition coefficient (Wildman–Crippen LogP) is 5.25. The van der Waals surface area contributed by atoms with Crippen LogP contribution in [0, 0.1) is 12.7 Å². The first kappa shape index (κ1) is 20.0. The normalized spacial score (nSPS) is 13.8. The van der Waals surface area contributed by atoms with Gasteiger partial charge in [0, 0.05) is 29.7 Å². The molecule has 4 rings (SSSR count). The summed E-state index contributed by atoms with van der Waals surface area (Å²) in [5.74, 6) is -0.287. The summed E-state index contributed by atoms with van der Waals surface area (Å²) in [6, 6.07) is 9.38. The van der Waals surface area contributed by atoms with Crippen LogP contribution in [0.25, 0.3) is 28.2 Å². The van der Waals surface area contributed by atoms with Gasteiger partial charge in [0.1, 0.15) is 12.1 Å². The number of nitrogens with zero attached hydrogens (tertiary/aromatic N) is 3. The fraction of sp³-hybridized carbons (Fsp3) is 0.304. The van der Waals surface area contributed by atoms with Crippen molar-refractivity contribution in [3.63, 3.8) is 0 Å². The maximum atomic E-state index is 14.6. The Morgan fingerprint density at radius 3 is 2.57 bits per heavy atom. The van der Waals surface area contributed by atoms with Crippen molar-refractivity contribution in [2.45, 2.75) is 20.8 Å². The van der Waals surface area contributed by atoms with E-state index >= 15 is 0 Å². The van der Waals surface area contributed by atoms with Crippen LogP contribution < -0.4 is 4.90 Å². The van der Waals surface area contributed by atoms with Crippen molar-refractivity contribution in [1.29, 1.82) is 0 Å². The van der Waals surface area contributed by atoms with Crippen molar-refractivity contribution in [1.82, 2.24) is 9.97 Å². The molecule has 28 heavy (non-hydrogen) atoms. The van der Waals surface area contributed by atoms with Crippen molar-refractivity contribution >= 4 is 22.7 Å². The van der Waals surface area contributed by atoms with E-state index in [4.69, 9.17) is 4.74 Å². The second kappa shape index (κ2) is 8.93. The number of hydrogen-bond donors (Lipinski definition) is 0. The number of rotatable bonds is 3. The van der Waals surface area contributed by atoms with Crippen LogP contribution in [0.15, 0.2) is 43.2 Å². The van der Waals surface area contributed by atoms with Gasteiger partial charge >= 0.3 is 0 Å². The van der Waals surface area contributed by atoms with Crippen molar-refractivity contribution in [2.24, 2.45) is 0 Å². The predicted molar refractivity (Wildman–Crippen MR) is 114 cm³/mol. The first-order valence-electron chi connectivity index (χ1n) is 9.68. The smallest absolute Gasteiger partial charge is 0.132 e. The third-order valence-electron chi connectivity index (χ3n) is 4.83. The summed E-state index contributed by atoms with van der Waals surface area (Å²) in [7, 11) is 0. The van der Waals surface area contributed by atoms with Crippen LogP contribution in [-0.4, -0.2) is 36.3 Å². The zero-order valence-electron chi connectivity index (χ0n) is 16.7. The second-order valence-electron chi connectivity index (χ2n) is 6.42. The summed E-state index contributed by atoms with van der Waals surface area (Å²) in [6.07, 6.45) is 3.23. The van der Waals surface area contributed by atoms with Crippen LogP contribution >= 0.6 is 0 Å². The highest BCUT2D eigenvalue weighted by Crippen LogP contribution is 2.31. The highest BCUT2D eigenvalue weighted by atomic mass is 19.1. The summed E-state index contributed by atoms with van der Waals surface area (Å²) >= 11 is 0. The molecule has 1 aliphatic rings. The fourth-order valence-electron chi connectivity index (χ4n) is 3.37. The molecule has 0 atom stereocenters. The molecule has 0 bridgehead atoms. The number of anilines is 1. The van der Waals surface area contributed by atoms with Gasteiger partial charge in [-0.05, 0) is 48.4 Å². The van der Waals surface area contributed by atoms with Gasteiger partial charge in [0.05, 0.1) is 24.4 Å². The topological polar surface area (TPSA) is 38.2 Å². The monoisotopic (exact) mass is 379 g/mol. The van der Waals surface area contributed by atoms with Crippen molar-refractivity contribution in [2.75, 3.05) is 31.2 Å². The van der Waals surface area contributed by atoms with Crippen LogP contribution in [0.5, 0.6) is 0 Å². The van der Waals surface area contributed by atoms with Crippen LogP contribution in [0.3, 0.4) is 0 Å². The van der Waals surface area contributed by atoms with E-state index in [2.05, 4.69) is 21.4 Å². The number of fused-ring (bicyclic) bond motifs is 1. The molecule has 0 spiro atoms. The summed E-state index contributed by atoms with van der Waals surface area (Å²) < 4.78 is 20.0. The summed E-state index contributed by atoms with van der Waals surface area (Å²) in [5, 5.41) is 0.835. The molecular weight excluding hydrogens is 353 g/mol. The van der Waals surface area contributed by atoms with Gasteiger partial charge in [-0.3, -0.25) is 0 Å². The Morgan fingerprint density at radius 2 is 1.86 bits per heavy atom. The minimum absolute atomic E-state index is 0.287. The summed E-state index contributed by atoms with van der Waals surface area (Å²) in [4.78, 5) is 11.0. The highest BCUT2D eigenvalue weighted by molar-refractivity contribution is 5.94. The van der Waals surface area contributed by atoms with Gasteiger partial charge in [0.2, 0.25) is 0 Å². The standard InChI is InChI=1S/C21H20FN3O.C2H6/c1-3-15-11-18(19(22)10-14(15)2)21-17-5-4-16(12-20(17)23-13-24-21)25-6-8-26-9-7-25;1-2/h3-5,10-13H,1,6-9H2,2H3;1-2H3. The zero-order chi connectivity index (χ0) is 20.1. The molecule has 1 aliphatic heterocycles. The molecule has 3 aromatic rings. The van der Waals surface area contributed by atoms with Crippen molar-refractivity contribution in [3.05, 3.63) is 60.2 Å². The van der Waals surface area contributed by atoms with E-state index < -0.39 is 0 Å². The number of aromatic nitrogens is 2. The Morgan fingerprint density at radius 1 is 1.11 bits per heavy atom. The lowest BCUT2D eigenvalue weighted by molar-refractivity contribution is 0.122. The van der Waals surface area contributed by atoms with Gasteiger partial charge in [-0.15, -0.1) is 0 Å². The number of hydrogen-bond acceptors (Lipinski definition) is 4. The van der Waals surface area contributed by atoms with Gasteiger partial charge in [0.15, 0.2) is 0 Å². The Kier molecular flexibility index (Phi) is 6.37. The van der Waals surface area contributed by atoms with Gasteiger partial charge in [-0.2, -0.15) is 0 Å². The lowest BCUT2D eigenvalue weighted by atomic mass is 9.99. The number of aryl methyl sites for hydroxylation is 1. The maximum Gasteiger partial charge on any atom is 0.132 e. The minimum atomic E-state index is -0.287. The van der Waals surface area contributed by atoms with Crippen LogP contribution in [0.1, 0.15) is 25.0 Å². The minimum Gasteiger partial charge on any atom is -0.378 e. The third-order valence-corrected chi connectivity index (χ3v) is 4.83. The molecule has 0 aliphatic carbocycles. The number of halogens is 1. The third kappa shape index (κ3) is 3.90. The van der Waals surface area contributed by atoms with Gasteiger partial charge in [-0.1, -0.05) is 26.5 Å². The average molecular weight is 379 g/mol. The Labute approximate surface area is 165 Å². The molecule has 0 N–H and O–H groups in total. The fourth-order valence-corrected chi connectivity index (χ4v) is 3.37. The largest absolute Gasteiger partial charge is 0.378 e. The zero-order valence-corrected chi connectivity index (χ0v) is 16.7. The Hall–Kier alpha value is -2.79. The van der Waals surface area contributed by atoms with Crippen molar-refractivity contribution < 1.29 is 9.13 Å². The van der Waals surface area contributed by atoms with Gasteiger partial charge in [-0.25, -0.2) is 14.4 Å². The molecule has 0 saturated carbocycles. The van der Waals surface area contributed by atoms with Gasteiger partial charge in [0.25, 0.3) is 0 Å². The average Bonchev–Trinajstić information content (AvgIpc) is 2.75. The quantitative estimate of drug-likeness (QED) is 0.623.